The molecule has 0 fully saturated rings. The normalized spacial score (nSPS) is 11.6. The Labute approximate surface area is 274 Å². The predicted octanol–water partition coefficient (Wildman–Crippen LogP) is 10.3. The van der Waals surface area contributed by atoms with Gasteiger partial charge in [0, 0.05) is 29.7 Å². The number of benzene rings is 4. The highest BCUT2D eigenvalue weighted by atomic mass is 35.5. The maximum atomic E-state index is 12.3. The minimum atomic E-state index is -4.18. The van der Waals surface area contributed by atoms with Gasteiger partial charge in [0.15, 0.2) is 0 Å². The zero-order valence-electron chi connectivity index (χ0n) is 24.7. The molecule has 10 heteroatoms. The van der Waals surface area contributed by atoms with E-state index in [9.17, 15) is 18.0 Å². The Balaban J connectivity index is 1.32. The Morgan fingerprint density at radius 1 is 0.891 bits per heavy atom. The molecule has 5 nitrogen and oxygen atoms in total. The van der Waals surface area contributed by atoms with Gasteiger partial charge < -0.3 is 14.0 Å². The topological polar surface area (TPSA) is 53.4 Å². The average Bonchev–Trinajstić information content (AvgIpc) is 3.44. The molecule has 0 aliphatic carbocycles. The number of hydrogen-bond donors (Lipinski definition) is 0. The molecule has 0 atom stereocenters. The third-order valence-corrected chi connectivity index (χ3v) is 7.69. The van der Waals surface area contributed by atoms with E-state index in [1.807, 2.05) is 77.5 Å². The van der Waals surface area contributed by atoms with Crippen molar-refractivity contribution in [2.24, 2.45) is 0 Å². The molecule has 5 rings (SSSR count). The summed E-state index contributed by atoms with van der Waals surface area (Å²) >= 11 is 12.6. The fourth-order valence-corrected chi connectivity index (χ4v) is 5.25. The van der Waals surface area contributed by atoms with Crippen LogP contribution in [0.15, 0.2) is 97.2 Å². The van der Waals surface area contributed by atoms with E-state index < -0.39 is 18.6 Å². The number of nitrogens with zero attached hydrogens (tertiary/aromatic N) is 2. The first-order chi connectivity index (χ1) is 22.1. The molecule has 0 N–H and O–H groups in total. The van der Waals surface area contributed by atoms with Crippen molar-refractivity contribution in [3.8, 4) is 28.1 Å². The number of aromatic nitrogens is 2. The maximum absolute atomic E-state index is 12.3. The molecule has 0 unspecified atom stereocenters. The molecule has 5 aromatic rings. The highest BCUT2D eigenvalue weighted by Crippen LogP contribution is 2.31. The molecule has 0 amide bonds. The summed E-state index contributed by atoms with van der Waals surface area (Å²) < 4.78 is 49.2. The van der Waals surface area contributed by atoms with Gasteiger partial charge in [0.25, 0.3) is 0 Å². The molecule has 0 aliphatic rings. The molecule has 4 aromatic carbocycles. The summed E-state index contributed by atoms with van der Waals surface area (Å²) in [5, 5.41) is 1.03. The number of rotatable bonds is 11. The van der Waals surface area contributed by atoms with E-state index in [-0.39, 0.29) is 13.0 Å². The summed E-state index contributed by atoms with van der Waals surface area (Å²) in [6, 6.07) is 27.7. The minimum Gasteiger partial charge on any atom is -0.494 e. The highest BCUT2D eigenvalue weighted by molar-refractivity contribution is 6.36. The van der Waals surface area contributed by atoms with Crippen LogP contribution in [0.2, 0.25) is 10.0 Å². The Kier molecular flexibility index (Phi) is 10.5. The number of ether oxygens (including phenoxy) is 2. The summed E-state index contributed by atoms with van der Waals surface area (Å²) in [5.74, 6) is 0.834. The lowest BCUT2D eigenvalue weighted by Gasteiger charge is -2.09. The molecule has 0 aliphatic heterocycles. The minimum absolute atomic E-state index is 0.00797. The summed E-state index contributed by atoms with van der Waals surface area (Å²) in [7, 11) is 1.35. The van der Waals surface area contributed by atoms with Gasteiger partial charge in [-0.25, -0.2) is 9.78 Å². The van der Waals surface area contributed by atoms with Crippen molar-refractivity contribution in [1.82, 2.24) is 9.55 Å². The molecular weight excluding hydrogens is 636 g/mol. The Hall–Kier alpha value is -4.53. The zero-order chi connectivity index (χ0) is 32.7. The largest absolute Gasteiger partial charge is 0.494 e. The van der Waals surface area contributed by atoms with Crippen molar-refractivity contribution in [3.63, 3.8) is 0 Å². The zero-order valence-corrected chi connectivity index (χ0v) is 26.2. The fraction of sp³-hybridized carbons (Fsp3) is 0.167. The van der Waals surface area contributed by atoms with Crippen molar-refractivity contribution in [2.75, 3.05) is 13.7 Å². The number of methoxy groups -OCH3 is 1. The lowest BCUT2D eigenvalue weighted by molar-refractivity contribution is -0.136. The fourth-order valence-electron chi connectivity index (χ4n) is 4.74. The predicted molar refractivity (Wildman–Crippen MR) is 176 cm³/mol. The van der Waals surface area contributed by atoms with Gasteiger partial charge in [0.05, 0.1) is 30.0 Å². The smallest absolute Gasteiger partial charge is 0.389 e. The average molecular weight is 666 g/mol. The maximum Gasteiger partial charge on any atom is 0.389 e. The Morgan fingerprint density at radius 2 is 1.57 bits per heavy atom. The summed E-state index contributed by atoms with van der Waals surface area (Å²) in [6.45, 7) is 0.508. The molecule has 0 radical (unpaired) electrons. The van der Waals surface area contributed by atoms with Crippen molar-refractivity contribution >= 4 is 41.3 Å². The second kappa shape index (κ2) is 14.7. The number of carbonyl (C=O) groups is 1. The number of esters is 1. The molecular formula is C36H29Cl2F3N2O3. The van der Waals surface area contributed by atoms with Crippen molar-refractivity contribution in [3.05, 3.63) is 130 Å². The highest BCUT2D eigenvalue weighted by Gasteiger charge is 2.26. The van der Waals surface area contributed by atoms with Gasteiger partial charge in [-0.05, 0) is 77.2 Å². The van der Waals surface area contributed by atoms with Crippen LogP contribution >= 0.6 is 23.2 Å². The molecule has 0 bridgehead atoms. The van der Waals surface area contributed by atoms with E-state index in [0.717, 1.165) is 27.8 Å². The van der Waals surface area contributed by atoms with Crippen LogP contribution in [0, 0.1) is 0 Å². The lowest BCUT2D eigenvalue weighted by atomic mass is 10.0. The lowest BCUT2D eigenvalue weighted by Crippen LogP contribution is -2.09. The van der Waals surface area contributed by atoms with Gasteiger partial charge in [-0.15, -0.1) is 0 Å². The number of alkyl halides is 3. The van der Waals surface area contributed by atoms with Crippen molar-refractivity contribution in [2.45, 2.75) is 25.6 Å². The van der Waals surface area contributed by atoms with Gasteiger partial charge in [-0.1, -0.05) is 77.8 Å². The molecule has 0 spiro atoms. The standard InChI is InChI=1S/C36H29Cl2F3N2O3/c1-45-35(44)28-10-5-25(6-11-28)22-43-23-33(31-17-14-29(37)21-32(31)38)42-34(43)18-7-24-3-8-26(9-4-24)27-12-15-30(16-13-27)46-20-2-19-36(39,40)41/h3-18,21,23H,2,19-20,22H2,1H3/b18-7+. The van der Waals surface area contributed by atoms with E-state index in [0.29, 0.717) is 39.4 Å². The molecule has 236 valence electrons. The Bertz CT molecular complexity index is 1820. The summed E-state index contributed by atoms with van der Waals surface area (Å²) in [5.41, 5.74) is 5.78. The van der Waals surface area contributed by atoms with Crippen LogP contribution in [0.3, 0.4) is 0 Å². The third kappa shape index (κ3) is 8.80. The van der Waals surface area contributed by atoms with E-state index in [2.05, 4.69) is 0 Å². The van der Waals surface area contributed by atoms with Gasteiger partial charge >= 0.3 is 12.1 Å². The summed E-state index contributed by atoms with van der Waals surface area (Å²) in [4.78, 5) is 16.7. The monoisotopic (exact) mass is 664 g/mol. The first-order valence-electron chi connectivity index (χ1n) is 14.4. The molecule has 0 saturated carbocycles. The van der Waals surface area contributed by atoms with Crippen LogP contribution in [0.25, 0.3) is 34.5 Å². The number of imidazole rings is 1. The Morgan fingerprint density at radius 3 is 2.20 bits per heavy atom. The quantitative estimate of drug-likeness (QED) is 0.104. The van der Waals surface area contributed by atoms with Gasteiger partial charge in [-0.3, -0.25) is 0 Å². The van der Waals surface area contributed by atoms with Crippen LogP contribution in [0.1, 0.15) is 40.2 Å². The van der Waals surface area contributed by atoms with E-state index in [1.54, 1.807) is 36.4 Å². The van der Waals surface area contributed by atoms with Crippen molar-refractivity contribution < 1.29 is 27.4 Å². The first-order valence-corrected chi connectivity index (χ1v) is 15.1. The number of halogens is 5. The second-order valence-corrected chi connectivity index (χ2v) is 11.3. The molecule has 0 saturated heterocycles. The van der Waals surface area contributed by atoms with Crippen LogP contribution in [0.4, 0.5) is 13.2 Å². The molecule has 1 heterocycles. The van der Waals surface area contributed by atoms with Crippen LogP contribution in [-0.2, 0) is 11.3 Å². The van der Waals surface area contributed by atoms with E-state index in [4.69, 9.17) is 37.7 Å². The van der Waals surface area contributed by atoms with Crippen LogP contribution in [0.5, 0.6) is 5.75 Å². The van der Waals surface area contributed by atoms with E-state index in [1.165, 1.54) is 7.11 Å². The van der Waals surface area contributed by atoms with Crippen LogP contribution < -0.4 is 4.74 Å². The van der Waals surface area contributed by atoms with Gasteiger partial charge in [-0.2, -0.15) is 13.2 Å². The SMILES string of the molecule is COC(=O)c1ccc(Cn2cc(-c3ccc(Cl)cc3Cl)nc2/C=C/c2ccc(-c3ccc(OCCCC(F)(F)F)cc3)cc2)cc1. The van der Waals surface area contributed by atoms with Gasteiger partial charge in [0.2, 0.25) is 0 Å². The molecule has 1 aromatic heterocycles. The summed E-state index contributed by atoms with van der Waals surface area (Å²) in [6.07, 6.45) is 0.698. The molecule has 46 heavy (non-hydrogen) atoms. The van der Waals surface area contributed by atoms with Crippen molar-refractivity contribution in [1.29, 1.82) is 0 Å². The second-order valence-electron chi connectivity index (χ2n) is 10.5. The number of carbonyl (C=O) groups excluding carboxylic acids is 1. The first kappa shape index (κ1) is 32.9. The van der Waals surface area contributed by atoms with Gasteiger partial charge in [0.1, 0.15) is 11.6 Å². The van der Waals surface area contributed by atoms with Crippen LogP contribution in [-0.4, -0.2) is 35.4 Å². The third-order valence-electron chi connectivity index (χ3n) is 7.14. The van der Waals surface area contributed by atoms with E-state index >= 15 is 0 Å². The number of hydrogen-bond acceptors (Lipinski definition) is 4.